The van der Waals surface area contributed by atoms with Gasteiger partial charge in [-0.25, -0.2) is 9.59 Å². The molecular formula is C24H27ClN2O5S. The van der Waals surface area contributed by atoms with E-state index in [-0.39, 0.29) is 6.61 Å². The van der Waals surface area contributed by atoms with Gasteiger partial charge in [-0.2, -0.15) is 0 Å². The number of carboxylic acids is 2. The first-order chi connectivity index (χ1) is 15.9. The second-order valence-corrected chi connectivity index (χ2v) is 9.24. The van der Waals surface area contributed by atoms with E-state index in [4.69, 9.17) is 26.9 Å². The fourth-order valence-corrected chi connectivity index (χ4v) is 5.29. The summed E-state index contributed by atoms with van der Waals surface area (Å²) in [4.78, 5) is 26.7. The van der Waals surface area contributed by atoms with Gasteiger partial charge < -0.3 is 15.3 Å². The van der Waals surface area contributed by atoms with Gasteiger partial charge in [-0.3, -0.25) is 9.80 Å². The van der Waals surface area contributed by atoms with E-state index in [2.05, 4.69) is 46.2 Å². The number of rotatable bonds is 5. The maximum absolute atomic E-state index is 9.55. The number of nitrogens with zero attached hydrogens (tertiary/aromatic N) is 2. The molecule has 2 aromatic rings. The molecule has 4 rings (SSSR count). The van der Waals surface area contributed by atoms with Gasteiger partial charge in [0.1, 0.15) is 0 Å². The van der Waals surface area contributed by atoms with Crippen LogP contribution in [0, 0.1) is 0 Å². The summed E-state index contributed by atoms with van der Waals surface area (Å²) in [7, 11) is 0. The molecule has 0 amide bonds. The number of aliphatic hydroxyl groups excluding tert-OH is 1. The summed E-state index contributed by atoms with van der Waals surface area (Å²) in [6.45, 7) is 5.11. The second kappa shape index (κ2) is 12.2. The van der Waals surface area contributed by atoms with E-state index >= 15 is 0 Å². The molecule has 0 spiro atoms. The van der Waals surface area contributed by atoms with Crippen molar-refractivity contribution in [3.63, 3.8) is 0 Å². The quantitative estimate of drug-likeness (QED) is 0.548. The smallest absolute Gasteiger partial charge is 0.328 e. The van der Waals surface area contributed by atoms with Crippen molar-refractivity contribution >= 4 is 35.3 Å². The predicted molar refractivity (Wildman–Crippen MR) is 128 cm³/mol. The zero-order valence-corrected chi connectivity index (χ0v) is 19.6. The molecule has 0 bridgehead atoms. The molecule has 3 N–H and O–H groups in total. The molecule has 1 fully saturated rings. The number of carbonyl (C=O) groups is 2. The van der Waals surface area contributed by atoms with Crippen LogP contribution in [0.4, 0.5) is 0 Å². The summed E-state index contributed by atoms with van der Waals surface area (Å²) in [5.74, 6) is -2.51. The Hall–Kier alpha value is -2.36. The fourth-order valence-electron chi connectivity index (χ4n) is 3.99. The highest BCUT2D eigenvalue weighted by Gasteiger charge is 2.30. The summed E-state index contributed by atoms with van der Waals surface area (Å²) in [5.41, 5.74) is 2.77. The van der Waals surface area contributed by atoms with Crippen LogP contribution in [0.5, 0.6) is 0 Å². The van der Waals surface area contributed by atoms with Gasteiger partial charge in [0.05, 0.1) is 6.61 Å². The average molecular weight is 491 g/mol. The Morgan fingerprint density at radius 2 is 1.67 bits per heavy atom. The van der Waals surface area contributed by atoms with Crippen molar-refractivity contribution in [3.05, 3.63) is 70.8 Å². The fraction of sp³-hybridized carbons (Fsp3) is 0.333. The van der Waals surface area contributed by atoms with Crippen LogP contribution in [-0.2, 0) is 16.0 Å². The number of hydrogen-bond donors (Lipinski definition) is 3. The molecule has 2 heterocycles. The number of β-amino-alcohol motifs (C(OH)–C–C–N with tert-alkyl or cyclic N) is 1. The molecule has 33 heavy (non-hydrogen) atoms. The molecule has 0 aliphatic carbocycles. The zero-order valence-electron chi connectivity index (χ0n) is 18.1. The van der Waals surface area contributed by atoms with Crippen LogP contribution in [0.1, 0.15) is 17.2 Å². The molecule has 2 aliphatic heterocycles. The molecule has 2 aliphatic rings. The molecule has 2 aromatic carbocycles. The lowest BCUT2D eigenvalue weighted by molar-refractivity contribution is -0.134. The van der Waals surface area contributed by atoms with Crippen molar-refractivity contribution < 1.29 is 24.9 Å². The van der Waals surface area contributed by atoms with E-state index in [0.717, 1.165) is 44.2 Å². The van der Waals surface area contributed by atoms with Crippen molar-refractivity contribution in [3.8, 4) is 0 Å². The maximum atomic E-state index is 9.55. The average Bonchev–Trinajstić information content (AvgIpc) is 2.95. The lowest BCUT2D eigenvalue weighted by Gasteiger charge is -2.39. The minimum Gasteiger partial charge on any atom is -0.478 e. The van der Waals surface area contributed by atoms with Gasteiger partial charge in [-0.05, 0) is 41.8 Å². The van der Waals surface area contributed by atoms with Gasteiger partial charge in [0.15, 0.2) is 0 Å². The number of aliphatic carboxylic acids is 2. The number of carboxylic acid groups (broad SMARTS) is 2. The lowest BCUT2D eigenvalue weighted by atomic mass is 9.96. The van der Waals surface area contributed by atoms with E-state index in [0.29, 0.717) is 18.2 Å². The first-order valence-corrected chi connectivity index (χ1v) is 11.8. The minimum absolute atomic E-state index is 0.242. The maximum Gasteiger partial charge on any atom is 0.328 e. The molecule has 176 valence electrons. The largest absolute Gasteiger partial charge is 0.478 e. The molecule has 0 aromatic heterocycles. The third kappa shape index (κ3) is 7.31. The molecule has 0 radical (unpaired) electrons. The summed E-state index contributed by atoms with van der Waals surface area (Å²) in [5, 5.41) is 25.6. The SMILES string of the molecule is O=C(O)/C=C\C(=O)O.OCCN1CCN(C2Cc3ccccc3Sc3ccc(Cl)cc32)CC1. The number of hydrogen-bond acceptors (Lipinski definition) is 6. The highest BCUT2D eigenvalue weighted by atomic mass is 35.5. The number of piperazine rings is 1. The standard InChI is InChI=1S/C20H23ClN2OS.C4H4O4/c21-16-5-6-20-17(14-16)18(13-15-3-1-2-4-19(15)25-20)23-9-7-22(8-10-23)11-12-24;5-3(6)1-2-4(7)8/h1-6,14,18,24H,7-13H2;1-2H,(H,5,6)(H,7,8)/b;2-1-. The normalized spacial score (nSPS) is 18.5. The van der Waals surface area contributed by atoms with E-state index in [1.54, 1.807) is 0 Å². The molecule has 1 saturated heterocycles. The number of benzene rings is 2. The van der Waals surface area contributed by atoms with Crippen LogP contribution in [0.2, 0.25) is 5.02 Å². The van der Waals surface area contributed by atoms with Gasteiger partial charge in [0.25, 0.3) is 0 Å². The van der Waals surface area contributed by atoms with Crippen LogP contribution in [0.3, 0.4) is 0 Å². The van der Waals surface area contributed by atoms with Crippen molar-refractivity contribution in [1.82, 2.24) is 9.80 Å². The van der Waals surface area contributed by atoms with Crippen LogP contribution in [0.15, 0.2) is 64.4 Å². The Bertz CT molecular complexity index is 992. The van der Waals surface area contributed by atoms with Gasteiger partial charge in [0, 0.05) is 65.7 Å². The number of aliphatic hydroxyl groups is 1. The third-order valence-electron chi connectivity index (χ3n) is 5.57. The Kier molecular flexibility index (Phi) is 9.34. The first-order valence-electron chi connectivity index (χ1n) is 10.6. The van der Waals surface area contributed by atoms with Crippen LogP contribution in [-0.4, -0.2) is 76.4 Å². The second-order valence-electron chi connectivity index (χ2n) is 7.72. The molecular weight excluding hydrogens is 464 g/mol. The summed E-state index contributed by atoms with van der Waals surface area (Å²) < 4.78 is 0. The molecule has 7 nitrogen and oxygen atoms in total. The van der Waals surface area contributed by atoms with Crippen molar-refractivity contribution in [2.24, 2.45) is 0 Å². The van der Waals surface area contributed by atoms with E-state index in [1.165, 1.54) is 20.9 Å². The van der Waals surface area contributed by atoms with Gasteiger partial charge in [-0.15, -0.1) is 0 Å². The van der Waals surface area contributed by atoms with Crippen LogP contribution < -0.4 is 0 Å². The molecule has 9 heteroatoms. The van der Waals surface area contributed by atoms with Gasteiger partial charge >= 0.3 is 11.9 Å². The van der Waals surface area contributed by atoms with Crippen LogP contribution >= 0.6 is 23.4 Å². The Balaban J connectivity index is 0.000000331. The Morgan fingerprint density at radius 1 is 1.00 bits per heavy atom. The monoisotopic (exact) mass is 490 g/mol. The zero-order chi connectivity index (χ0) is 23.8. The Labute approximate surface area is 202 Å². The summed E-state index contributed by atoms with van der Waals surface area (Å²) >= 11 is 8.21. The van der Waals surface area contributed by atoms with Gasteiger partial charge in [0.2, 0.25) is 0 Å². The van der Waals surface area contributed by atoms with Crippen molar-refractivity contribution in [1.29, 1.82) is 0 Å². The number of fused-ring (bicyclic) bond motifs is 2. The van der Waals surface area contributed by atoms with Crippen molar-refractivity contribution in [2.45, 2.75) is 22.3 Å². The van der Waals surface area contributed by atoms with E-state index in [9.17, 15) is 9.59 Å². The van der Waals surface area contributed by atoms with E-state index in [1.807, 2.05) is 17.8 Å². The molecule has 1 atom stereocenters. The molecule has 1 unspecified atom stereocenters. The Morgan fingerprint density at radius 3 is 2.30 bits per heavy atom. The summed E-state index contributed by atoms with van der Waals surface area (Å²) in [6, 6.07) is 15.4. The van der Waals surface area contributed by atoms with Gasteiger partial charge in [-0.1, -0.05) is 41.6 Å². The minimum atomic E-state index is -1.26. The predicted octanol–water partition coefficient (Wildman–Crippen LogP) is 3.41. The molecule has 0 saturated carbocycles. The third-order valence-corrected chi connectivity index (χ3v) is 7.01. The lowest BCUT2D eigenvalue weighted by Crippen LogP contribution is -2.48. The highest BCUT2D eigenvalue weighted by Crippen LogP contribution is 2.43. The van der Waals surface area contributed by atoms with Crippen molar-refractivity contribution in [2.75, 3.05) is 39.3 Å². The van der Waals surface area contributed by atoms with Crippen LogP contribution in [0.25, 0.3) is 0 Å². The first kappa shape index (κ1) is 25.3. The number of halogens is 1. The summed E-state index contributed by atoms with van der Waals surface area (Å²) in [6.07, 6.45) is 2.14. The van der Waals surface area contributed by atoms with E-state index < -0.39 is 11.9 Å². The topological polar surface area (TPSA) is 101 Å². The highest BCUT2D eigenvalue weighted by molar-refractivity contribution is 7.99.